The molecule has 1 heteroatoms. The van der Waals surface area contributed by atoms with Crippen molar-refractivity contribution in [2.24, 2.45) is 0 Å². The Kier molecular flexibility index (Phi) is 4.71. The van der Waals surface area contributed by atoms with E-state index in [0.29, 0.717) is 6.42 Å². The molecule has 0 atom stereocenters. The quantitative estimate of drug-likeness (QED) is 0.546. The lowest BCUT2D eigenvalue weighted by Gasteiger charge is -2.02. The Hall–Kier alpha value is -1.89. The fourth-order valence-electron chi connectivity index (χ4n) is 1.97. The zero-order valence-corrected chi connectivity index (χ0v) is 10.4. The Morgan fingerprint density at radius 3 is 2.56 bits per heavy atom. The van der Waals surface area contributed by atoms with Gasteiger partial charge in [0.25, 0.3) is 0 Å². The summed E-state index contributed by atoms with van der Waals surface area (Å²) in [6, 6.07) is 20.6. The van der Waals surface area contributed by atoms with Crippen molar-refractivity contribution in [3.8, 4) is 0 Å². The molecule has 0 unspecified atom stereocenters. The van der Waals surface area contributed by atoms with Crippen LogP contribution in [0.15, 0.2) is 54.6 Å². The zero-order valence-electron chi connectivity index (χ0n) is 10.4. The van der Waals surface area contributed by atoms with Gasteiger partial charge in [0, 0.05) is 12.0 Å². The van der Waals surface area contributed by atoms with Gasteiger partial charge in [-0.3, -0.25) is 4.79 Å². The first-order valence-electron chi connectivity index (χ1n) is 6.39. The molecule has 18 heavy (non-hydrogen) atoms. The normalized spacial score (nSPS) is 10.2. The largest absolute Gasteiger partial charge is 0.294 e. The molecule has 0 bridgehead atoms. The molecule has 2 aromatic carbocycles. The van der Waals surface area contributed by atoms with E-state index >= 15 is 0 Å². The summed E-state index contributed by atoms with van der Waals surface area (Å²) in [5, 5.41) is 0. The highest BCUT2D eigenvalue weighted by atomic mass is 16.1. The Morgan fingerprint density at radius 2 is 1.83 bits per heavy atom. The van der Waals surface area contributed by atoms with E-state index in [1.54, 1.807) is 6.07 Å². The highest BCUT2D eigenvalue weighted by Crippen LogP contribution is 2.09. The van der Waals surface area contributed by atoms with E-state index in [2.05, 4.69) is 30.3 Å². The van der Waals surface area contributed by atoms with E-state index < -0.39 is 0 Å². The third kappa shape index (κ3) is 3.85. The molecular formula is C17H17O. The summed E-state index contributed by atoms with van der Waals surface area (Å²) >= 11 is 0. The van der Waals surface area contributed by atoms with Gasteiger partial charge in [0.05, 0.1) is 0 Å². The SMILES string of the molecule is O=C(CCCCc1ccccc1)c1c[c]ccc1. The molecule has 0 saturated heterocycles. The van der Waals surface area contributed by atoms with Crippen LogP contribution >= 0.6 is 0 Å². The number of benzene rings is 2. The molecule has 0 heterocycles. The van der Waals surface area contributed by atoms with Crippen molar-refractivity contribution in [1.29, 1.82) is 0 Å². The van der Waals surface area contributed by atoms with Gasteiger partial charge in [-0.25, -0.2) is 0 Å². The highest BCUT2D eigenvalue weighted by molar-refractivity contribution is 5.95. The van der Waals surface area contributed by atoms with Gasteiger partial charge in [0.2, 0.25) is 0 Å². The maximum atomic E-state index is 11.8. The van der Waals surface area contributed by atoms with Crippen molar-refractivity contribution < 1.29 is 4.79 Å². The van der Waals surface area contributed by atoms with Crippen LogP contribution < -0.4 is 0 Å². The number of hydrogen-bond donors (Lipinski definition) is 0. The van der Waals surface area contributed by atoms with E-state index in [4.69, 9.17) is 0 Å². The Labute approximate surface area is 108 Å². The summed E-state index contributed by atoms with van der Waals surface area (Å²) in [5.41, 5.74) is 2.12. The zero-order chi connectivity index (χ0) is 12.6. The third-order valence-corrected chi connectivity index (χ3v) is 2.99. The molecule has 0 amide bonds. The van der Waals surface area contributed by atoms with Crippen LogP contribution in [0, 0.1) is 6.07 Å². The Morgan fingerprint density at radius 1 is 1.00 bits per heavy atom. The molecule has 91 valence electrons. The fourth-order valence-corrected chi connectivity index (χ4v) is 1.97. The minimum absolute atomic E-state index is 0.222. The molecule has 0 N–H and O–H groups in total. The second-order valence-corrected chi connectivity index (χ2v) is 4.41. The summed E-state index contributed by atoms with van der Waals surface area (Å²) in [6.07, 6.45) is 3.69. The van der Waals surface area contributed by atoms with Crippen LogP contribution in [0.3, 0.4) is 0 Å². The van der Waals surface area contributed by atoms with Gasteiger partial charge in [0.1, 0.15) is 0 Å². The summed E-state index contributed by atoms with van der Waals surface area (Å²) in [7, 11) is 0. The minimum atomic E-state index is 0.222. The number of hydrogen-bond acceptors (Lipinski definition) is 1. The highest BCUT2D eigenvalue weighted by Gasteiger charge is 2.04. The minimum Gasteiger partial charge on any atom is -0.294 e. The first-order chi connectivity index (χ1) is 8.86. The van der Waals surface area contributed by atoms with Crippen molar-refractivity contribution in [2.45, 2.75) is 25.7 Å². The fraction of sp³-hybridized carbons (Fsp3) is 0.235. The van der Waals surface area contributed by atoms with Crippen molar-refractivity contribution in [1.82, 2.24) is 0 Å². The van der Waals surface area contributed by atoms with Crippen LogP contribution in [0.4, 0.5) is 0 Å². The van der Waals surface area contributed by atoms with Crippen LogP contribution in [-0.2, 0) is 6.42 Å². The second kappa shape index (κ2) is 6.75. The smallest absolute Gasteiger partial charge is 0.162 e. The van der Waals surface area contributed by atoms with Gasteiger partial charge >= 0.3 is 0 Å². The molecule has 1 nitrogen and oxygen atoms in total. The predicted octanol–water partition coefficient (Wildman–Crippen LogP) is 4.08. The van der Waals surface area contributed by atoms with Gasteiger partial charge in [-0.05, 0) is 37.0 Å². The molecule has 0 spiro atoms. The average Bonchev–Trinajstić information content (AvgIpc) is 2.45. The number of carbonyl (C=O) groups excluding carboxylic acids is 1. The predicted molar refractivity (Wildman–Crippen MR) is 73.6 cm³/mol. The molecule has 0 aliphatic rings. The second-order valence-electron chi connectivity index (χ2n) is 4.41. The first-order valence-corrected chi connectivity index (χ1v) is 6.39. The average molecular weight is 237 g/mol. The molecule has 0 aliphatic carbocycles. The van der Waals surface area contributed by atoms with Crippen molar-refractivity contribution in [3.63, 3.8) is 0 Å². The number of Topliss-reactive ketones (excluding diaryl/α,β-unsaturated/α-hetero) is 1. The van der Waals surface area contributed by atoms with Crippen molar-refractivity contribution in [3.05, 3.63) is 71.8 Å². The lowest BCUT2D eigenvalue weighted by atomic mass is 10.0. The maximum absolute atomic E-state index is 11.8. The van der Waals surface area contributed by atoms with E-state index in [1.807, 2.05) is 24.3 Å². The molecule has 0 saturated carbocycles. The van der Waals surface area contributed by atoms with Crippen LogP contribution in [-0.4, -0.2) is 5.78 Å². The molecule has 0 aromatic heterocycles. The Bertz CT molecular complexity index is 473. The summed E-state index contributed by atoms with van der Waals surface area (Å²) in [5.74, 6) is 0.222. The topological polar surface area (TPSA) is 17.1 Å². The van der Waals surface area contributed by atoms with Crippen LogP contribution in [0.25, 0.3) is 0 Å². The number of rotatable bonds is 6. The Balaban J connectivity index is 1.72. The molecule has 2 aromatic rings. The number of ketones is 1. The third-order valence-electron chi connectivity index (χ3n) is 2.99. The number of carbonyl (C=O) groups is 1. The van der Waals surface area contributed by atoms with Crippen LogP contribution in [0.1, 0.15) is 35.2 Å². The maximum Gasteiger partial charge on any atom is 0.162 e. The monoisotopic (exact) mass is 237 g/mol. The van der Waals surface area contributed by atoms with E-state index in [0.717, 1.165) is 24.8 Å². The lowest BCUT2D eigenvalue weighted by molar-refractivity contribution is 0.0979. The number of aryl methyl sites for hydroxylation is 1. The van der Waals surface area contributed by atoms with Gasteiger partial charge < -0.3 is 0 Å². The summed E-state index contributed by atoms with van der Waals surface area (Å²) in [6.45, 7) is 0. The molecular weight excluding hydrogens is 220 g/mol. The van der Waals surface area contributed by atoms with Gasteiger partial charge in [-0.15, -0.1) is 0 Å². The van der Waals surface area contributed by atoms with Crippen molar-refractivity contribution in [2.75, 3.05) is 0 Å². The van der Waals surface area contributed by atoms with Gasteiger partial charge in [0.15, 0.2) is 5.78 Å². The number of unbranched alkanes of at least 4 members (excludes halogenated alkanes) is 1. The van der Waals surface area contributed by atoms with Crippen molar-refractivity contribution >= 4 is 5.78 Å². The van der Waals surface area contributed by atoms with Crippen LogP contribution in [0.5, 0.6) is 0 Å². The van der Waals surface area contributed by atoms with Gasteiger partial charge in [-0.2, -0.15) is 0 Å². The molecule has 2 rings (SSSR count). The van der Waals surface area contributed by atoms with E-state index in [9.17, 15) is 4.79 Å². The molecule has 1 radical (unpaired) electrons. The molecule has 0 aliphatic heterocycles. The summed E-state index contributed by atoms with van der Waals surface area (Å²) in [4.78, 5) is 11.8. The summed E-state index contributed by atoms with van der Waals surface area (Å²) < 4.78 is 0. The van der Waals surface area contributed by atoms with E-state index in [1.165, 1.54) is 5.56 Å². The van der Waals surface area contributed by atoms with Crippen LogP contribution in [0.2, 0.25) is 0 Å². The van der Waals surface area contributed by atoms with E-state index in [-0.39, 0.29) is 5.78 Å². The first kappa shape index (κ1) is 12.6. The molecule has 0 fully saturated rings. The standard InChI is InChI=1S/C17H17O/c18-17(16-12-5-2-6-13-16)14-8-7-11-15-9-3-1-4-10-15/h1-5,9-10,12-13H,7-8,11,14H2. The van der Waals surface area contributed by atoms with Gasteiger partial charge in [-0.1, -0.05) is 48.5 Å². The lowest BCUT2D eigenvalue weighted by Crippen LogP contribution is -1.98.